The van der Waals surface area contributed by atoms with E-state index in [9.17, 15) is 8.78 Å². The molecule has 3 rings (SSSR count). The number of hydrogen-bond donors (Lipinski definition) is 1. The molecule has 21 heavy (non-hydrogen) atoms. The zero-order valence-electron chi connectivity index (χ0n) is 12.7. The van der Waals surface area contributed by atoms with E-state index in [4.69, 9.17) is 0 Å². The second-order valence-electron chi connectivity index (χ2n) is 6.75. The number of benzene rings is 1. The second kappa shape index (κ2) is 6.01. The van der Waals surface area contributed by atoms with E-state index in [2.05, 4.69) is 17.1 Å². The molecule has 4 heteroatoms. The van der Waals surface area contributed by atoms with Crippen LogP contribution < -0.4 is 5.32 Å². The molecule has 0 radical (unpaired) electrons. The van der Waals surface area contributed by atoms with Crippen LogP contribution in [0.15, 0.2) is 18.2 Å². The minimum absolute atomic E-state index is 0.219. The van der Waals surface area contributed by atoms with Crippen molar-refractivity contribution in [2.45, 2.75) is 57.2 Å². The Morgan fingerprint density at radius 3 is 2.48 bits per heavy atom. The van der Waals surface area contributed by atoms with Gasteiger partial charge in [-0.15, -0.1) is 0 Å². The zero-order chi connectivity index (χ0) is 14.9. The van der Waals surface area contributed by atoms with Crippen molar-refractivity contribution in [1.29, 1.82) is 0 Å². The molecule has 2 fully saturated rings. The summed E-state index contributed by atoms with van der Waals surface area (Å²) < 4.78 is 26.7. The molecule has 1 unspecified atom stereocenters. The van der Waals surface area contributed by atoms with E-state index in [1.54, 1.807) is 0 Å². The van der Waals surface area contributed by atoms with Crippen LogP contribution in [0.5, 0.6) is 0 Å². The van der Waals surface area contributed by atoms with Crippen LogP contribution in [0.1, 0.15) is 44.6 Å². The number of hydrogen-bond acceptors (Lipinski definition) is 2. The summed E-state index contributed by atoms with van der Waals surface area (Å²) >= 11 is 0. The number of piperazine rings is 1. The van der Waals surface area contributed by atoms with E-state index < -0.39 is 11.6 Å². The highest BCUT2D eigenvalue weighted by atomic mass is 19.1. The zero-order valence-corrected chi connectivity index (χ0v) is 12.7. The quantitative estimate of drug-likeness (QED) is 0.898. The molecule has 1 saturated heterocycles. The van der Waals surface area contributed by atoms with Gasteiger partial charge in [0.2, 0.25) is 0 Å². The van der Waals surface area contributed by atoms with Gasteiger partial charge in [-0.25, -0.2) is 8.78 Å². The normalized spacial score (nSPS) is 26.1. The summed E-state index contributed by atoms with van der Waals surface area (Å²) in [7, 11) is 0. The Morgan fingerprint density at radius 1 is 1.14 bits per heavy atom. The third kappa shape index (κ3) is 3.43. The van der Waals surface area contributed by atoms with E-state index in [1.165, 1.54) is 44.2 Å². The third-order valence-electron chi connectivity index (χ3n) is 5.02. The SMILES string of the molecule is CC1CNC2(CCCCC2)CN1Cc1cc(F)cc(F)c1. The summed E-state index contributed by atoms with van der Waals surface area (Å²) in [5, 5.41) is 3.73. The maximum Gasteiger partial charge on any atom is 0.126 e. The van der Waals surface area contributed by atoms with E-state index in [-0.39, 0.29) is 5.54 Å². The highest BCUT2D eigenvalue weighted by Crippen LogP contribution is 2.32. The lowest BCUT2D eigenvalue weighted by molar-refractivity contribution is 0.0572. The van der Waals surface area contributed by atoms with Gasteiger partial charge in [-0.05, 0) is 37.5 Å². The van der Waals surface area contributed by atoms with Crippen LogP contribution >= 0.6 is 0 Å². The van der Waals surface area contributed by atoms with E-state index in [0.29, 0.717) is 12.6 Å². The second-order valence-corrected chi connectivity index (χ2v) is 6.75. The highest BCUT2D eigenvalue weighted by Gasteiger charge is 2.38. The van der Waals surface area contributed by atoms with Gasteiger partial charge in [-0.3, -0.25) is 4.90 Å². The molecule has 1 aliphatic carbocycles. The first-order valence-electron chi connectivity index (χ1n) is 8.00. The van der Waals surface area contributed by atoms with Gasteiger partial charge in [-0.1, -0.05) is 19.3 Å². The molecule has 1 aromatic carbocycles. The summed E-state index contributed by atoms with van der Waals surface area (Å²) in [5.74, 6) is -0.972. The highest BCUT2D eigenvalue weighted by molar-refractivity contribution is 5.18. The summed E-state index contributed by atoms with van der Waals surface area (Å²) in [6.45, 7) is 4.74. The van der Waals surface area contributed by atoms with Crippen molar-refractivity contribution >= 4 is 0 Å². The fraction of sp³-hybridized carbons (Fsp3) is 0.647. The van der Waals surface area contributed by atoms with Crippen molar-refractivity contribution in [2.24, 2.45) is 0 Å². The van der Waals surface area contributed by atoms with Crippen molar-refractivity contribution in [2.75, 3.05) is 13.1 Å². The van der Waals surface area contributed by atoms with Crippen molar-refractivity contribution in [3.63, 3.8) is 0 Å². The Hall–Kier alpha value is -1.00. The fourth-order valence-electron chi connectivity index (χ4n) is 3.81. The maximum atomic E-state index is 13.4. The smallest absolute Gasteiger partial charge is 0.126 e. The largest absolute Gasteiger partial charge is 0.308 e. The number of rotatable bonds is 2. The molecular formula is C17H24F2N2. The Morgan fingerprint density at radius 2 is 1.81 bits per heavy atom. The van der Waals surface area contributed by atoms with Crippen LogP contribution in [0.3, 0.4) is 0 Å². The van der Waals surface area contributed by atoms with Crippen LogP contribution in [0, 0.1) is 11.6 Å². The lowest BCUT2D eigenvalue weighted by Crippen LogP contribution is -2.63. The molecule has 1 N–H and O–H groups in total. The summed E-state index contributed by atoms with van der Waals surface area (Å²) in [6.07, 6.45) is 6.32. The predicted octanol–water partition coefficient (Wildman–Crippen LogP) is 3.46. The molecule has 0 amide bonds. The van der Waals surface area contributed by atoms with Crippen LogP contribution in [0.4, 0.5) is 8.78 Å². The van der Waals surface area contributed by atoms with Gasteiger partial charge in [0.25, 0.3) is 0 Å². The molecule has 116 valence electrons. The molecule has 1 aromatic rings. The monoisotopic (exact) mass is 294 g/mol. The predicted molar refractivity (Wildman–Crippen MR) is 80.0 cm³/mol. The topological polar surface area (TPSA) is 15.3 Å². The molecule has 0 bridgehead atoms. The van der Waals surface area contributed by atoms with Crippen molar-refractivity contribution in [3.8, 4) is 0 Å². The molecule has 1 atom stereocenters. The fourth-order valence-corrected chi connectivity index (χ4v) is 3.81. The Labute approximate surface area is 125 Å². The molecule has 1 heterocycles. The lowest BCUT2D eigenvalue weighted by Gasteiger charge is -2.49. The van der Waals surface area contributed by atoms with Crippen LogP contribution in [-0.2, 0) is 6.54 Å². The molecule has 1 spiro atoms. The first-order chi connectivity index (χ1) is 10.1. The first kappa shape index (κ1) is 14.9. The summed E-state index contributed by atoms with van der Waals surface area (Å²) in [4.78, 5) is 2.37. The van der Waals surface area contributed by atoms with Gasteiger partial charge in [0.1, 0.15) is 11.6 Å². The third-order valence-corrected chi connectivity index (χ3v) is 5.02. The molecule has 2 aliphatic rings. The van der Waals surface area contributed by atoms with Crippen molar-refractivity contribution in [3.05, 3.63) is 35.4 Å². The lowest BCUT2D eigenvalue weighted by atomic mass is 9.79. The van der Waals surface area contributed by atoms with Gasteiger partial charge in [0, 0.05) is 37.3 Å². The molecule has 2 nitrogen and oxygen atoms in total. The van der Waals surface area contributed by atoms with E-state index >= 15 is 0 Å². The van der Waals surface area contributed by atoms with Gasteiger partial charge in [0.15, 0.2) is 0 Å². The molecule has 0 aromatic heterocycles. The van der Waals surface area contributed by atoms with Crippen LogP contribution in [0.2, 0.25) is 0 Å². The molecule has 1 saturated carbocycles. The Bertz CT molecular complexity index is 477. The Balaban J connectivity index is 1.73. The summed E-state index contributed by atoms with van der Waals surface area (Å²) in [5.41, 5.74) is 0.948. The van der Waals surface area contributed by atoms with Crippen LogP contribution in [0.25, 0.3) is 0 Å². The Kier molecular flexibility index (Phi) is 4.27. The molecule has 1 aliphatic heterocycles. The van der Waals surface area contributed by atoms with Crippen molar-refractivity contribution < 1.29 is 8.78 Å². The number of halogens is 2. The van der Waals surface area contributed by atoms with Crippen molar-refractivity contribution in [1.82, 2.24) is 10.2 Å². The minimum Gasteiger partial charge on any atom is -0.308 e. The van der Waals surface area contributed by atoms with Crippen LogP contribution in [-0.4, -0.2) is 29.6 Å². The molecular weight excluding hydrogens is 270 g/mol. The van der Waals surface area contributed by atoms with E-state index in [1.807, 2.05) is 0 Å². The standard InChI is InChI=1S/C17H24F2N2/c1-13-10-20-17(5-3-2-4-6-17)12-21(13)11-14-7-15(18)9-16(19)8-14/h7-9,13,20H,2-6,10-12H2,1H3. The van der Waals surface area contributed by atoms with Gasteiger partial charge >= 0.3 is 0 Å². The number of nitrogens with one attached hydrogen (secondary N) is 1. The first-order valence-corrected chi connectivity index (χ1v) is 8.00. The average Bonchev–Trinajstić information content (AvgIpc) is 2.43. The van der Waals surface area contributed by atoms with Gasteiger partial charge in [-0.2, -0.15) is 0 Å². The van der Waals surface area contributed by atoms with E-state index in [0.717, 1.165) is 24.7 Å². The average molecular weight is 294 g/mol. The minimum atomic E-state index is -0.486. The maximum absolute atomic E-state index is 13.4. The summed E-state index contributed by atoms with van der Waals surface area (Å²) in [6, 6.07) is 4.23. The van der Waals surface area contributed by atoms with Gasteiger partial charge < -0.3 is 5.32 Å². The van der Waals surface area contributed by atoms with Gasteiger partial charge in [0.05, 0.1) is 0 Å². The number of nitrogens with zero attached hydrogens (tertiary/aromatic N) is 1.